The average molecular weight is 258 g/mol. The number of hydrogen-bond donors (Lipinski definition) is 2. The first-order valence-electron chi connectivity index (χ1n) is 5.35. The summed E-state index contributed by atoms with van der Waals surface area (Å²) in [6, 6.07) is 5.79. The van der Waals surface area contributed by atoms with E-state index in [9.17, 15) is 0 Å². The number of nitrogens with zero attached hydrogens (tertiary/aromatic N) is 4. The number of H-pyrrole nitrogens is 1. The van der Waals surface area contributed by atoms with Crippen LogP contribution in [0.3, 0.4) is 0 Å². The Hall–Kier alpha value is -2.28. The van der Waals surface area contributed by atoms with E-state index >= 15 is 0 Å². The molecule has 3 rings (SSSR count). The van der Waals surface area contributed by atoms with Crippen molar-refractivity contribution in [3.05, 3.63) is 36.3 Å². The molecule has 0 aliphatic rings. The lowest BCUT2D eigenvalue weighted by Gasteiger charge is -2.00. The van der Waals surface area contributed by atoms with Crippen LogP contribution in [0.5, 0.6) is 0 Å². The molecule has 3 aromatic rings. The molecule has 18 heavy (non-hydrogen) atoms. The predicted octanol–water partition coefficient (Wildman–Crippen LogP) is 2.38. The van der Waals surface area contributed by atoms with Gasteiger partial charge in [0, 0.05) is 23.4 Å². The summed E-state index contributed by atoms with van der Waals surface area (Å²) in [7, 11) is 0. The van der Waals surface area contributed by atoms with Crippen LogP contribution in [0.2, 0.25) is 0 Å². The van der Waals surface area contributed by atoms with Gasteiger partial charge in [0.05, 0.1) is 11.8 Å². The van der Waals surface area contributed by atoms with Gasteiger partial charge in [0.25, 0.3) is 0 Å². The number of aromatic amines is 1. The van der Waals surface area contributed by atoms with Crippen molar-refractivity contribution in [3.8, 4) is 11.4 Å². The van der Waals surface area contributed by atoms with Gasteiger partial charge in [-0.3, -0.25) is 5.10 Å². The molecule has 0 fully saturated rings. The number of anilines is 2. The summed E-state index contributed by atoms with van der Waals surface area (Å²) >= 11 is 1.29. The molecule has 0 radical (unpaired) electrons. The molecule has 0 aromatic carbocycles. The molecule has 0 saturated carbocycles. The molecule has 7 heteroatoms. The standard InChI is InChI=1S/C11H10N6S/c1-7-3-2-4-9(14-7)15-11-16-10(17-18-11)8-5-12-13-6-8/h2-6H,1H3,(H,12,13)(H,14,15,16,17). The molecular weight excluding hydrogens is 248 g/mol. The Balaban J connectivity index is 1.82. The SMILES string of the molecule is Cc1cccc(Nc2nc(-c3cn[nH]c3)ns2)n1. The monoisotopic (exact) mass is 258 g/mol. The largest absolute Gasteiger partial charge is 0.315 e. The molecule has 2 N–H and O–H groups in total. The Morgan fingerprint density at radius 3 is 3.00 bits per heavy atom. The minimum absolute atomic E-state index is 0.656. The van der Waals surface area contributed by atoms with Crippen LogP contribution in [0.4, 0.5) is 10.9 Å². The van der Waals surface area contributed by atoms with Crippen LogP contribution in [0.1, 0.15) is 5.69 Å². The van der Waals surface area contributed by atoms with Crippen molar-refractivity contribution in [2.24, 2.45) is 0 Å². The fourth-order valence-electron chi connectivity index (χ4n) is 1.49. The van der Waals surface area contributed by atoms with Crippen LogP contribution in [0.15, 0.2) is 30.6 Å². The van der Waals surface area contributed by atoms with Crippen LogP contribution < -0.4 is 5.32 Å². The molecule has 0 saturated heterocycles. The van der Waals surface area contributed by atoms with E-state index in [0.717, 1.165) is 17.1 Å². The predicted molar refractivity (Wildman–Crippen MR) is 69.7 cm³/mol. The summed E-state index contributed by atoms with van der Waals surface area (Å²) in [5.74, 6) is 1.42. The van der Waals surface area contributed by atoms with Crippen molar-refractivity contribution >= 4 is 22.5 Å². The zero-order valence-electron chi connectivity index (χ0n) is 9.58. The normalized spacial score (nSPS) is 10.5. The van der Waals surface area contributed by atoms with E-state index in [1.807, 2.05) is 25.1 Å². The Kier molecular flexibility index (Phi) is 2.73. The summed E-state index contributed by atoms with van der Waals surface area (Å²) in [6.45, 7) is 1.95. The van der Waals surface area contributed by atoms with Crippen LogP contribution in [0, 0.1) is 6.92 Å². The molecule has 0 atom stereocenters. The fourth-order valence-corrected chi connectivity index (χ4v) is 2.08. The lowest BCUT2D eigenvalue weighted by molar-refractivity contribution is 1.09. The highest BCUT2D eigenvalue weighted by atomic mass is 32.1. The molecular formula is C11H10N6S. The number of hydrogen-bond acceptors (Lipinski definition) is 6. The Morgan fingerprint density at radius 2 is 2.22 bits per heavy atom. The first kappa shape index (κ1) is 10.8. The van der Waals surface area contributed by atoms with Crippen molar-refractivity contribution in [1.29, 1.82) is 0 Å². The molecule has 3 aromatic heterocycles. The third kappa shape index (κ3) is 2.21. The summed E-state index contributed by atoms with van der Waals surface area (Å²) < 4.78 is 4.26. The third-order valence-corrected chi connectivity index (χ3v) is 2.94. The summed E-state index contributed by atoms with van der Waals surface area (Å²) in [5, 5.41) is 10.4. The number of aryl methyl sites for hydroxylation is 1. The van der Waals surface area contributed by atoms with Gasteiger partial charge in [0.15, 0.2) is 5.82 Å². The smallest absolute Gasteiger partial charge is 0.208 e. The van der Waals surface area contributed by atoms with Gasteiger partial charge in [-0.05, 0) is 19.1 Å². The van der Waals surface area contributed by atoms with Crippen LogP contribution in [-0.4, -0.2) is 24.5 Å². The van der Waals surface area contributed by atoms with Crippen LogP contribution in [-0.2, 0) is 0 Å². The van der Waals surface area contributed by atoms with Gasteiger partial charge in [-0.1, -0.05) is 6.07 Å². The topological polar surface area (TPSA) is 79.4 Å². The van der Waals surface area contributed by atoms with Gasteiger partial charge in [0.2, 0.25) is 5.13 Å². The van der Waals surface area contributed by atoms with E-state index in [1.165, 1.54) is 11.5 Å². The number of rotatable bonds is 3. The Labute approximate surface area is 107 Å². The third-order valence-electron chi connectivity index (χ3n) is 2.31. The van der Waals surface area contributed by atoms with E-state index in [0.29, 0.717) is 11.0 Å². The van der Waals surface area contributed by atoms with E-state index in [-0.39, 0.29) is 0 Å². The maximum absolute atomic E-state index is 4.37. The zero-order valence-corrected chi connectivity index (χ0v) is 10.4. The minimum Gasteiger partial charge on any atom is -0.315 e. The van der Waals surface area contributed by atoms with Gasteiger partial charge >= 0.3 is 0 Å². The van der Waals surface area contributed by atoms with Crippen molar-refractivity contribution < 1.29 is 0 Å². The number of nitrogens with one attached hydrogen (secondary N) is 2. The second kappa shape index (κ2) is 4.53. The first-order chi connectivity index (χ1) is 8.81. The Bertz CT molecular complexity index is 645. The molecule has 0 unspecified atom stereocenters. The molecule has 0 aliphatic carbocycles. The van der Waals surface area contributed by atoms with Crippen molar-refractivity contribution in [1.82, 2.24) is 24.5 Å². The first-order valence-corrected chi connectivity index (χ1v) is 6.12. The molecule has 0 bridgehead atoms. The number of aromatic nitrogens is 5. The van der Waals surface area contributed by atoms with Gasteiger partial charge in [-0.25, -0.2) is 4.98 Å². The highest BCUT2D eigenvalue weighted by Crippen LogP contribution is 2.22. The van der Waals surface area contributed by atoms with E-state index < -0.39 is 0 Å². The molecule has 6 nitrogen and oxygen atoms in total. The minimum atomic E-state index is 0.656. The van der Waals surface area contributed by atoms with Crippen molar-refractivity contribution in [2.45, 2.75) is 6.92 Å². The van der Waals surface area contributed by atoms with Gasteiger partial charge in [0.1, 0.15) is 5.82 Å². The average Bonchev–Trinajstić information content (AvgIpc) is 2.98. The van der Waals surface area contributed by atoms with E-state index in [4.69, 9.17) is 0 Å². The maximum atomic E-state index is 4.37. The van der Waals surface area contributed by atoms with E-state index in [1.54, 1.807) is 12.4 Å². The maximum Gasteiger partial charge on any atom is 0.208 e. The lowest BCUT2D eigenvalue weighted by atomic mass is 10.3. The molecule has 90 valence electrons. The van der Waals surface area contributed by atoms with Gasteiger partial charge in [-0.15, -0.1) is 0 Å². The summed E-state index contributed by atoms with van der Waals surface area (Å²) in [4.78, 5) is 8.72. The van der Waals surface area contributed by atoms with Crippen LogP contribution >= 0.6 is 11.5 Å². The fraction of sp³-hybridized carbons (Fsp3) is 0.0909. The highest BCUT2D eigenvalue weighted by molar-refractivity contribution is 7.09. The van der Waals surface area contributed by atoms with Crippen molar-refractivity contribution in [2.75, 3.05) is 5.32 Å². The molecule has 0 aliphatic heterocycles. The molecule has 0 amide bonds. The molecule has 3 heterocycles. The summed E-state index contributed by atoms with van der Waals surface area (Å²) in [5.41, 5.74) is 1.83. The van der Waals surface area contributed by atoms with Gasteiger partial charge < -0.3 is 5.32 Å². The van der Waals surface area contributed by atoms with Crippen molar-refractivity contribution in [3.63, 3.8) is 0 Å². The number of pyridine rings is 1. The van der Waals surface area contributed by atoms with E-state index in [2.05, 4.69) is 29.9 Å². The van der Waals surface area contributed by atoms with Crippen LogP contribution in [0.25, 0.3) is 11.4 Å². The zero-order chi connectivity index (χ0) is 12.4. The summed E-state index contributed by atoms with van der Waals surface area (Å²) in [6.07, 6.45) is 3.45. The molecule has 0 spiro atoms. The second-order valence-electron chi connectivity index (χ2n) is 3.70. The lowest BCUT2D eigenvalue weighted by Crippen LogP contribution is -1.93. The Morgan fingerprint density at radius 1 is 1.28 bits per heavy atom. The second-order valence-corrected chi connectivity index (χ2v) is 4.45. The quantitative estimate of drug-likeness (QED) is 0.754. The highest BCUT2D eigenvalue weighted by Gasteiger charge is 2.07. The van der Waals surface area contributed by atoms with Gasteiger partial charge in [-0.2, -0.15) is 14.5 Å².